The maximum absolute atomic E-state index is 9.47. The van der Waals surface area contributed by atoms with Crippen LogP contribution in [0.15, 0.2) is 0 Å². The number of aliphatic hydroxyl groups excluding tert-OH is 1. The number of hydrogen-bond acceptors (Lipinski definition) is 4. The van der Waals surface area contributed by atoms with E-state index in [9.17, 15) is 5.11 Å². The van der Waals surface area contributed by atoms with Crippen molar-refractivity contribution in [3.8, 4) is 0 Å². The van der Waals surface area contributed by atoms with E-state index in [-0.39, 0.29) is 12.1 Å². The van der Waals surface area contributed by atoms with E-state index in [2.05, 4.69) is 33.0 Å². The van der Waals surface area contributed by atoms with Gasteiger partial charge in [0, 0.05) is 29.2 Å². The lowest BCUT2D eigenvalue weighted by atomic mass is 10.1. The van der Waals surface area contributed by atoms with Gasteiger partial charge in [0.1, 0.15) is 0 Å². The lowest BCUT2D eigenvalue weighted by Gasteiger charge is -2.32. The second-order valence-corrected chi connectivity index (χ2v) is 6.46. The second-order valence-electron chi connectivity index (χ2n) is 5.23. The van der Waals surface area contributed by atoms with Crippen molar-refractivity contribution in [3.05, 3.63) is 0 Å². The topological polar surface area (TPSA) is 41.5 Å². The number of aliphatic hydroxyl groups is 1. The van der Waals surface area contributed by atoms with E-state index < -0.39 is 0 Å². The van der Waals surface area contributed by atoms with Crippen molar-refractivity contribution in [2.75, 3.05) is 19.0 Å². The molecule has 16 heavy (non-hydrogen) atoms. The molecule has 0 aromatic carbocycles. The van der Waals surface area contributed by atoms with Crippen LogP contribution in [0.3, 0.4) is 0 Å². The van der Waals surface area contributed by atoms with Crippen LogP contribution in [0.4, 0.5) is 0 Å². The highest BCUT2D eigenvalue weighted by atomic mass is 32.2. The SMILES string of the molecule is CC(C)NC(C)(CO)CSC1CCOC1C. The number of ether oxygens (including phenoxy) is 1. The highest BCUT2D eigenvalue weighted by Crippen LogP contribution is 2.28. The molecule has 0 radical (unpaired) electrons. The Morgan fingerprint density at radius 2 is 2.25 bits per heavy atom. The Kier molecular flexibility index (Phi) is 5.57. The molecule has 0 aromatic heterocycles. The molecule has 0 amide bonds. The van der Waals surface area contributed by atoms with Gasteiger partial charge in [-0.2, -0.15) is 11.8 Å². The summed E-state index contributed by atoms with van der Waals surface area (Å²) in [6, 6.07) is 0.398. The summed E-state index contributed by atoms with van der Waals surface area (Å²) in [5, 5.41) is 13.5. The first-order chi connectivity index (χ1) is 7.47. The third-order valence-corrected chi connectivity index (χ3v) is 4.76. The van der Waals surface area contributed by atoms with Crippen molar-refractivity contribution in [1.29, 1.82) is 0 Å². The molecule has 1 saturated heterocycles. The maximum Gasteiger partial charge on any atom is 0.0666 e. The Balaban J connectivity index is 2.38. The average Bonchev–Trinajstić information content (AvgIpc) is 2.60. The molecule has 3 atom stereocenters. The monoisotopic (exact) mass is 247 g/mol. The first-order valence-electron chi connectivity index (χ1n) is 6.08. The molecule has 1 aliphatic heterocycles. The molecule has 3 unspecified atom stereocenters. The molecule has 0 aliphatic carbocycles. The van der Waals surface area contributed by atoms with Crippen LogP contribution in [0.2, 0.25) is 0 Å². The Bertz CT molecular complexity index is 213. The molecule has 2 N–H and O–H groups in total. The summed E-state index contributed by atoms with van der Waals surface area (Å²) < 4.78 is 5.54. The van der Waals surface area contributed by atoms with Crippen molar-refractivity contribution < 1.29 is 9.84 Å². The molecule has 0 bridgehead atoms. The van der Waals surface area contributed by atoms with Crippen molar-refractivity contribution in [2.45, 2.75) is 57.1 Å². The third kappa shape index (κ3) is 4.24. The zero-order valence-electron chi connectivity index (χ0n) is 10.8. The molecule has 1 rings (SSSR count). The van der Waals surface area contributed by atoms with E-state index in [0.717, 1.165) is 18.8 Å². The molecule has 0 spiro atoms. The molecule has 1 aliphatic rings. The number of hydrogen-bond donors (Lipinski definition) is 2. The van der Waals surface area contributed by atoms with Gasteiger partial charge in [-0.25, -0.2) is 0 Å². The van der Waals surface area contributed by atoms with Crippen LogP contribution in [0.1, 0.15) is 34.1 Å². The highest BCUT2D eigenvalue weighted by Gasteiger charge is 2.30. The minimum Gasteiger partial charge on any atom is -0.394 e. The van der Waals surface area contributed by atoms with Gasteiger partial charge < -0.3 is 15.2 Å². The maximum atomic E-state index is 9.47. The van der Waals surface area contributed by atoms with E-state index in [1.807, 2.05) is 11.8 Å². The van der Waals surface area contributed by atoms with Gasteiger partial charge in [0.05, 0.1) is 12.7 Å². The molecular weight excluding hydrogens is 222 g/mol. The summed E-state index contributed by atoms with van der Waals surface area (Å²) in [6.07, 6.45) is 1.49. The van der Waals surface area contributed by atoms with Crippen LogP contribution in [0.5, 0.6) is 0 Å². The zero-order chi connectivity index (χ0) is 12.2. The summed E-state index contributed by atoms with van der Waals surface area (Å²) in [5.41, 5.74) is -0.179. The fourth-order valence-electron chi connectivity index (χ4n) is 2.05. The summed E-state index contributed by atoms with van der Waals surface area (Å²) in [5.74, 6) is 0.931. The van der Waals surface area contributed by atoms with Gasteiger partial charge in [-0.3, -0.25) is 0 Å². The van der Waals surface area contributed by atoms with Gasteiger partial charge in [0.2, 0.25) is 0 Å². The zero-order valence-corrected chi connectivity index (χ0v) is 11.6. The van der Waals surface area contributed by atoms with Crippen LogP contribution in [-0.4, -0.2) is 47.0 Å². The van der Waals surface area contributed by atoms with E-state index in [0.29, 0.717) is 17.4 Å². The lowest BCUT2D eigenvalue weighted by Crippen LogP contribution is -2.51. The van der Waals surface area contributed by atoms with Crippen molar-refractivity contribution >= 4 is 11.8 Å². The minimum atomic E-state index is -0.179. The largest absolute Gasteiger partial charge is 0.394 e. The number of nitrogens with one attached hydrogen (secondary N) is 1. The standard InChI is InChI=1S/C12H25NO2S/c1-9(2)13-12(4,7-14)8-16-11-5-6-15-10(11)3/h9-11,13-14H,5-8H2,1-4H3. The van der Waals surface area contributed by atoms with Crippen LogP contribution in [-0.2, 0) is 4.74 Å². The second kappa shape index (κ2) is 6.24. The lowest BCUT2D eigenvalue weighted by molar-refractivity contribution is 0.127. The van der Waals surface area contributed by atoms with Crippen molar-refractivity contribution in [2.24, 2.45) is 0 Å². The summed E-state index contributed by atoms with van der Waals surface area (Å²) >= 11 is 1.92. The fraction of sp³-hybridized carbons (Fsp3) is 1.00. The Morgan fingerprint density at radius 3 is 2.69 bits per heavy atom. The van der Waals surface area contributed by atoms with Crippen LogP contribution in [0, 0.1) is 0 Å². The normalized spacial score (nSPS) is 29.6. The van der Waals surface area contributed by atoms with Crippen LogP contribution in [0.25, 0.3) is 0 Å². The molecular formula is C12H25NO2S. The predicted octanol–water partition coefficient (Wildman–Crippen LogP) is 1.65. The van der Waals surface area contributed by atoms with Gasteiger partial charge >= 0.3 is 0 Å². The smallest absolute Gasteiger partial charge is 0.0666 e. The van der Waals surface area contributed by atoms with Gasteiger partial charge in [0.15, 0.2) is 0 Å². The van der Waals surface area contributed by atoms with Crippen LogP contribution < -0.4 is 5.32 Å². The van der Waals surface area contributed by atoms with Crippen molar-refractivity contribution in [3.63, 3.8) is 0 Å². The number of thioether (sulfide) groups is 1. The molecule has 96 valence electrons. The molecule has 1 fully saturated rings. The van der Waals surface area contributed by atoms with E-state index >= 15 is 0 Å². The Hall–Kier alpha value is 0.230. The number of rotatable bonds is 6. The van der Waals surface area contributed by atoms with Gasteiger partial charge in [-0.05, 0) is 20.3 Å². The third-order valence-electron chi connectivity index (χ3n) is 2.91. The van der Waals surface area contributed by atoms with Gasteiger partial charge in [-0.15, -0.1) is 0 Å². The summed E-state index contributed by atoms with van der Waals surface area (Å²) in [4.78, 5) is 0. The van der Waals surface area contributed by atoms with E-state index in [1.165, 1.54) is 0 Å². The predicted molar refractivity (Wildman–Crippen MR) is 70.0 cm³/mol. The minimum absolute atomic E-state index is 0.179. The van der Waals surface area contributed by atoms with Crippen molar-refractivity contribution in [1.82, 2.24) is 5.32 Å². The molecule has 1 heterocycles. The first-order valence-corrected chi connectivity index (χ1v) is 7.13. The molecule has 0 saturated carbocycles. The summed E-state index contributed by atoms with van der Waals surface area (Å²) in [6.45, 7) is 9.50. The van der Waals surface area contributed by atoms with Gasteiger partial charge in [-0.1, -0.05) is 13.8 Å². The highest BCUT2D eigenvalue weighted by molar-refractivity contribution is 8.00. The quantitative estimate of drug-likeness (QED) is 0.749. The van der Waals surface area contributed by atoms with E-state index in [1.54, 1.807) is 0 Å². The summed E-state index contributed by atoms with van der Waals surface area (Å²) in [7, 11) is 0. The fourth-order valence-corrected chi connectivity index (χ4v) is 3.42. The average molecular weight is 247 g/mol. The molecule has 0 aromatic rings. The Morgan fingerprint density at radius 1 is 1.56 bits per heavy atom. The molecule has 4 heteroatoms. The Labute approximate surface area is 103 Å². The molecule has 3 nitrogen and oxygen atoms in total. The van der Waals surface area contributed by atoms with Crippen LogP contribution >= 0.6 is 11.8 Å². The first kappa shape index (κ1) is 14.3. The van der Waals surface area contributed by atoms with Gasteiger partial charge in [0.25, 0.3) is 0 Å². The van der Waals surface area contributed by atoms with E-state index in [4.69, 9.17) is 4.74 Å².